The lowest BCUT2D eigenvalue weighted by Gasteiger charge is -1.68. The van der Waals surface area contributed by atoms with Crippen molar-refractivity contribution in [2.45, 2.75) is 0 Å². The molecule has 0 aromatic carbocycles. The summed E-state index contributed by atoms with van der Waals surface area (Å²) in [5, 5.41) is 0. The fourth-order valence-electron chi connectivity index (χ4n) is 0. The van der Waals surface area contributed by atoms with Gasteiger partial charge >= 0.3 is 0 Å². The van der Waals surface area contributed by atoms with Crippen molar-refractivity contribution in [2.75, 3.05) is 0 Å². The lowest BCUT2D eigenvalue weighted by atomic mass is 10.5. The summed E-state index contributed by atoms with van der Waals surface area (Å²) in [5.41, 5.74) is 0. The maximum Gasteiger partial charge on any atom is 0.194 e. The molecule has 0 saturated heterocycles. The molecule has 0 unspecified atom stereocenters. The van der Waals surface area contributed by atoms with E-state index in [0.717, 1.165) is 11.5 Å². The van der Waals surface area contributed by atoms with Gasteiger partial charge in [-0.15, -0.1) is 0 Å². The van der Waals surface area contributed by atoms with Gasteiger partial charge in [-0.2, -0.15) is 11.5 Å². The van der Waals surface area contributed by atoms with E-state index in [9.17, 15) is 0 Å². The fraction of sp³-hybridized carbons (Fsp3) is 0. The van der Waals surface area contributed by atoms with E-state index in [1.807, 2.05) is 7.98 Å². The second kappa shape index (κ2) is 3.24. The van der Waals surface area contributed by atoms with E-state index in [1.54, 1.807) is 0 Å². The fourth-order valence-corrected chi connectivity index (χ4v) is 0. The first kappa shape index (κ1) is 4.24. The van der Waals surface area contributed by atoms with E-state index >= 15 is 0 Å². The van der Waals surface area contributed by atoms with Crippen molar-refractivity contribution in [3.8, 4) is 0 Å². The molecule has 0 spiro atoms. The maximum atomic E-state index is 3.47. The number of rotatable bonds is 1. The first-order chi connectivity index (χ1) is 1.91. The van der Waals surface area contributed by atoms with Crippen molar-refractivity contribution in [2.24, 2.45) is 0 Å². The minimum absolute atomic E-state index is 0.998. The van der Waals surface area contributed by atoms with Gasteiger partial charge in [-0.3, -0.25) is 0 Å². The first-order valence-electron chi connectivity index (χ1n) is 1.04. The van der Waals surface area contributed by atoms with Crippen LogP contribution in [0.1, 0.15) is 0 Å². The molecule has 0 bridgehead atoms. The van der Waals surface area contributed by atoms with E-state index in [0.29, 0.717) is 0 Å². The Balaban J connectivity index is 2.30. The molecule has 0 heterocycles. The summed E-state index contributed by atoms with van der Waals surface area (Å²) in [6, 6.07) is 0. The molecule has 1 nitrogen and oxygen atoms in total. The number of nitrogens with one attached hydrogen (secondary N) is 1. The normalized spacial score (nSPS) is 7.00. The lowest BCUT2D eigenvalue weighted by Crippen LogP contribution is -1.85. The third kappa shape index (κ3) is 2.24. The van der Waals surface area contributed by atoms with Gasteiger partial charge in [0.2, 0.25) is 0 Å². The quantitative estimate of drug-likeness (QED) is 0.230. The van der Waals surface area contributed by atoms with Gasteiger partial charge < -0.3 is 4.63 Å². The van der Waals surface area contributed by atoms with Gasteiger partial charge in [0.05, 0.1) is 0 Å². The van der Waals surface area contributed by atoms with Gasteiger partial charge in [-0.1, -0.05) is 5.87 Å². The molecule has 1 N–H and O–H groups in total. The second-order valence-corrected chi connectivity index (χ2v) is 1.15. The Kier molecular flexibility index (Phi) is 3.44. The number of hydrogen-bond acceptors (Lipinski definition) is 1. The van der Waals surface area contributed by atoms with Crippen LogP contribution in [0.5, 0.6) is 0 Å². The molecular weight excluding hydrogens is 68.9 g/mol. The molecule has 0 aliphatic carbocycles. The second-order valence-electron chi connectivity index (χ2n) is 0.382. The molecule has 3 heteroatoms. The van der Waals surface area contributed by atoms with E-state index in [1.165, 1.54) is 0 Å². The van der Waals surface area contributed by atoms with Gasteiger partial charge in [0, 0.05) is 0 Å². The lowest BCUT2D eigenvalue weighted by molar-refractivity contribution is 1.75. The molecule has 0 aromatic rings. The van der Waals surface area contributed by atoms with Crippen LogP contribution in [0.25, 0.3) is 0 Å². The van der Waals surface area contributed by atoms with Crippen LogP contribution in [0.4, 0.5) is 0 Å². The average Bonchev–Trinajstić information content (AvgIpc) is 1.37. The molecule has 24 valence electrons. The van der Waals surface area contributed by atoms with Crippen LogP contribution in [0.15, 0.2) is 0 Å². The van der Waals surface area contributed by atoms with Crippen molar-refractivity contribution in [3.05, 3.63) is 0 Å². The van der Waals surface area contributed by atoms with Crippen LogP contribution < -0.4 is 4.63 Å². The Morgan fingerprint density at radius 3 is 2.25 bits per heavy atom. The molecule has 0 fully saturated rings. The summed E-state index contributed by atoms with van der Waals surface area (Å²) in [5.74, 6) is 3.47. The van der Waals surface area contributed by atoms with E-state index in [2.05, 4.69) is 10.5 Å². The third-order valence-corrected chi connectivity index (χ3v) is 0.474. The Morgan fingerprint density at radius 1 is 2.00 bits per heavy atom. The number of hydrogen-bond donors (Lipinski definition) is 2. The summed E-state index contributed by atoms with van der Waals surface area (Å²) in [7, 11) is 1.86. The van der Waals surface area contributed by atoms with Crippen molar-refractivity contribution < 1.29 is 0 Å². The van der Waals surface area contributed by atoms with Crippen LogP contribution in [0.3, 0.4) is 0 Å². The summed E-state index contributed by atoms with van der Waals surface area (Å²) >= 11 is 0.998. The summed E-state index contributed by atoms with van der Waals surface area (Å²) in [4.78, 5) is 0. The largest absolute Gasteiger partial charge is 0.319 e. The van der Waals surface area contributed by atoms with Crippen molar-refractivity contribution in [1.29, 1.82) is 0 Å². The molecule has 0 saturated carbocycles. The van der Waals surface area contributed by atoms with Gasteiger partial charge in [0.15, 0.2) is 7.98 Å². The summed E-state index contributed by atoms with van der Waals surface area (Å²) in [6.45, 7) is 0. The molecule has 0 rings (SSSR count). The Bertz CT molecular complexity index is 22.0. The molecule has 0 aliphatic heterocycles. The Hall–Kier alpha value is 0.245. The monoisotopic (exact) mass is 75.0 g/mol. The Morgan fingerprint density at radius 2 is 2.25 bits per heavy atom. The Labute approximate surface area is 30.9 Å². The molecular formula is CH6BNS. The number of thiol groups is 1. The highest BCUT2D eigenvalue weighted by Gasteiger charge is 1.38. The van der Waals surface area contributed by atoms with Gasteiger partial charge in [0.1, 0.15) is 0 Å². The maximum absolute atomic E-state index is 3.47. The minimum atomic E-state index is 0.998. The molecule has 0 atom stereocenters. The van der Waals surface area contributed by atoms with E-state index < -0.39 is 0 Å². The van der Waals surface area contributed by atoms with Gasteiger partial charge in [0.25, 0.3) is 0 Å². The predicted octanol–water partition coefficient (Wildman–Crippen LogP) is -1.06. The SMILES string of the molecule is BN[SH]=C. The van der Waals surface area contributed by atoms with Crippen LogP contribution in [0.2, 0.25) is 0 Å². The smallest absolute Gasteiger partial charge is 0.194 e. The van der Waals surface area contributed by atoms with Crippen LogP contribution in [-0.4, -0.2) is 13.9 Å². The van der Waals surface area contributed by atoms with Gasteiger partial charge in [-0.05, 0) is 0 Å². The molecule has 0 aromatic heterocycles. The molecule has 0 aliphatic rings. The average molecular weight is 74.9 g/mol. The predicted molar refractivity (Wildman–Crippen MR) is 27.8 cm³/mol. The zero-order valence-electron chi connectivity index (χ0n) is 2.65. The molecule has 0 amide bonds. The molecule has 0 radical (unpaired) electrons. The van der Waals surface area contributed by atoms with E-state index in [-0.39, 0.29) is 0 Å². The standard InChI is InChI=1S/CH6BNS/c1-4-3-2/h3-4H,1-2H2. The first-order valence-corrected chi connectivity index (χ1v) is 2.12. The molecule has 4 heavy (non-hydrogen) atoms. The summed E-state index contributed by atoms with van der Waals surface area (Å²) < 4.78 is 2.79. The summed E-state index contributed by atoms with van der Waals surface area (Å²) in [6.07, 6.45) is 0. The highest BCUT2D eigenvalue weighted by Crippen LogP contribution is 1.52. The van der Waals surface area contributed by atoms with Crippen molar-refractivity contribution >= 4 is 25.4 Å². The van der Waals surface area contributed by atoms with E-state index in [4.69, 9.17) is 0 Å². The highest BCUT2D eigenvalue weighted by molar-refractivity contribution is 7.95. The van der Waals surface area contributed by atoms with Crippen LogP contribution in [-0.2, 0) is 0 Å². The van der Waals surface area contributed by atoms with Crippen LogP contribution >= 0.6 is 11.5 Å². The third-order valence-electron chi connectivity index (χ3n) is 0.158. The van der Waals surface area contributed by atoms with Gasteiger partial charge in [-0.25, -0.2) is 0 Å². The van der Waals surface area contributed by atoms with Crippen molar-refractivity contribution in [1.82, 2.24) is 4.63 Å². The minimum Gasteiger partial charge on any atom is -0.319 e. The zero-order valence-corrected chi connectivity index (χ0v) is 3.55. The van der Waals surface area contributed by atoms with Crippen LogP contribution in [0, 0.1) is 0 Å². The van der Waals surface area contributed by atoms with Crippen molar-refractivity contribution in [3.63, 3.8) is 0 Å². The zero-order chi connectivity index (χ0) is 3.41. The highest BCUT2D eigenvalue weighted by atomic mass is 32.1. The topological polar surface area (TPSA) is 12.0 Å².